The van der Waals surface area contributed by atoms with Gasteiger partial charge < -0.3 is 5.73 Å². The minimum atomic E-state index is -0.0874. The number of hydrogen-bond acceptors (Lipinski definition) is 3. The molecule has 2 N–H and O–H groups in total. The van der Waals surface area contributed by atoms with Crippen LogP contribution in [0.3, 0.4) is 0 Å². The molecule has 0 spiro atoms. The fourth-order valence-corrected chi connectivity index (χ4v) is 1.32. The second-order valence-corrected chi connectivity index (χ2v) is 3.33. The third-order valence-corrected chi connectivity index (χ3v) is 2.12. The number of nitrogens with two attached hydrogens (primary N) is 1. The van der Waals surface area contributed by atoms with Crippen molar-refractivity contribution < 1.29 is 4.79 Å². The third-order valence-electron chi connectivity index (χ3n) is 2.12. The number of anilines is 1. The first-order valence-electron chi connectivity index (χ1n) is 4.57. The first-order valence-corrected chi connectivity index (χ1v) is 4.57. The number of nitrogens with zero attached hydrogens (tertiary/aromatic N) is 2. The molecule has 4 nitrogen and oxygen atoms in total. The Morgan fingerprint density at radius 1 is 1.27 bits per heavy atom. The van der Waals surface area contributed by atoms with Crippen molar-refractivity contribution >= 4 is 11.5 Å². The van der Waals surface area contributed by atoms with Crippen LogP contribution in [0.15, 0.2) is 36.5 Å². The Morgan fingerprint density at radius 2 is 1.93 bits per heavy atom. The van der Waals surface area contributed by atoms with Gasteiger partial charge in [0.1, 0.15) is 5.69 Å². The highest BCUT2D eigenvalue weighted by Crippen LogP contribution is 2.10. The average Bonchev–Trinajstić information content (AvgIpc) is 2.65. The number of carbonyl (C=O) groups excluding carboxylic acids is 1. The highest BCUT2D eigenvalue weighted by Gasteiger charge is 2.10. The summed E-state index contributed by atoms with van der Waals surface area (Å²) < 4.78 is 1.60. The van der Waals surface area contributed by atoms with Gasteiger partial charge in [0.15, 0.2) is 0 Å². The van der Waals surface area contributed by atoms with Gasteiger partial charge in [-0.1, -0.05) is 0 Å². The van der Waals surface area contributed by atoms with Gasteiger partial charge in [-0.15, -0.1) is 0 Å². The van der Waals surface area contributed by atoms with Crippen molar-refractivity contribution in [3.05, 3.63) is 47.8 Å². The molecule has 0 aliphatic carbocycles. The Hall–Kier alpha value is -2.10. The van der Waals surface area contributed by atoms with Crippen LogP contribution in [-0.4, -0.2) is 15.6 Å². The average molecular weight is 201 g/mol. The summed E-state index contributed by atoms with van der Waals surface area (Å²) in [6.45, 7) is 0. The number of rotatable bonds is 2. The first-order chi connectivity index (χ1) is 7.16. The van der Waals surface area contributed by atoms with Gasteiger partial charge in [0.05, 0.1) is 0 Å². The summed E-state index contributed by atoms with van der Waals surface area (Å²) in [7, 11) is 1.78. The smallest absolute Gasteiger partial charge is 0.213 e. The maximum absolute atomic E-state index is 11.9. The Morgan fingerprint density at radius 3 is 2.47 bits per heavy atom. The number of nitrogen functional groups attached to an aromatic ring is 1. The van der Waals surface area contributed by atoms with Crippen LogP contribution in [0.2, 0.25) is 0 Å². The van der Waals surface area contributed by atoms with Crippen LogP contribution in [0.5, 0.6) is 0 Å². The molecule has 0 amide bonds. The predicted octanol–water partition coefficient (Wildman–Crippen LogP) is 1.23. The predicted molar refractivity (Wildman–Crippen MR) is 57.5 cm³/mol. The molecule has 2 aromatic rings. The molecule has 0 radical (unpaired) electrons. The number of hydrogen-bond donors (Lipinski definition) is 1. The van der Waals surface area contributed by atoms with Gasteiger partial charge in [-0.3, -0.25) is 9.48 Å². The van der Waals surface area contributed by atoms with E-state index in [1.54, 1.807) is 48.3 Å². The van der Waals surface area contributed by atoms with E-state index >= 15 is 0 Å². The summed E-state index contributed by atoms with van der Waals surface area (Å²) >= 11 is 0. The van der Waals surface area contributed by atoms with Gasteiger partial charge in [0, 0.05) is 24.5 Å². The molecule has 4 heteroatoms. The van der Waals surface area contributed by atoms with Crippen molar-refractivity contribution in [1.82, 2.24) is 9.78 Å². The molecular weight excluding hydrogens is 190 g/mol. The molecule has 1 heterocycles. The van der Waals surface area contributed by atoms with Gasteiger partial charge >= 0.3 is 0 Å². The minimum absolute atomic E-state index is 0.0874. The Labute approximate surface area is 87.3 Å². The van der Waals surface area contributed by atoms with Crippen molar-refractivity contribution in [3.8, 4) is 0 Å². The molecule has 0 saturated carbocycles. The maximum Gasteiger partial charge on any atom is 0.213 e. The SMILES string of the molecule is Cn1ccc(C(=O)c2ccc(N)cc2)n1. The molecule has 1 aromatic heterocycles. The molecule has 0 aliphatic rings. The zero-order valence-corrected chi connectivity index (χ0v) is 8.34. The van der Waals surface area contributed by atoms with Crippen molar-refractivity contribution in [1.29, 1.82) is 0 Å². The molecule has 76 valence electrons. The highest BCUT2D eigenvalue weighted by molar-refractivity contribution is 6.07. The topological polar surface area (TPSA) is 60.9 Å². The Bertz CT molecular complexity index is 485. The molecule has 0 unspecified atom stereocenters. The van der Waals surface area contributed by atoms with Crippen molar-refractivity contribution in [2.45, 2.75) is 0 Å². The molecule has 2 rings (SSSR count). The summed E-state index contributed by atoms with van der Waals surface area (Å²) in [6.07, 6.45) is 1.74. The number of benzene rings is 1. The van der Waals surface area contributed by atoms with Crippen LogP contribution in [0, 0.1) is 0 Å². The zero-order chi connectivity index (χ0) is 10.8. The number of aryl methyl sites for hydroxylation is 1. The molecule has 0 atom stereocenters. The van der Waals surface area contributed by atoms with E-state index in [0.717, 1.165) is 0 Å². The van der Waals surface area contributed by atoms with Crippen LogP contribution in [0.1, 0.15) is 16.1 Å². The van der Waals surface area contributed by atoms with Crippen molar-refractivity contribution in [2.24, 2.45) is 7.05 Å². The van der Waals surface area contributed by atoms with E-state index in [4.69, 9.17) is 5.73 Å². The highest BCUT2D eigenvalue weighted by atomic mass is 16.1. The molecule has 0 saturated heterocycles. The standard InChI is InChI=1S/C11H11N3O/c1-14-7-6-10(13-14)11(15)8-2-4-9(12)5-3-8/h2-7H,12H2,1H3. The van der Waals surface area contributed by atoms with Crippen LogP contribution < -0.4 is 5.73 Å². The van der Waals surface area contributed by atoms with E-state index in [1.807, 2.05) is 0 Å². The van der Waals surface area contributed by atoms with Crippen LogP contribution in [-0.2, 0) is 7.05 Å². The van der Waals surface area contributed by atoms with Gasteiger partial charge in [0.25, 0.3) is 0 Å². The van der Waals surface area contributed by atoms with E-state index < -0.39 is 0 Å². The van der Waals surface area contributed by atoms with Crippen LogP contribution in [0.25, 0.3) is 0 Å². The largest absolute Gasteiger partial charge is 0.399 e. The summed E-state index contributed by atoms with van der Waals surface area (Å²) in [5.74, 6) is -0.0874. The molecule has 0 bridgehead atoms. The molecular formula is C11H11N3O. The molecule has 1 aromatic carbocycles. The lowest BCUT2D eigenvalue weighted by molar-refractivity contribution is 0.103. The fourth-order valence-electron chi connectivity index (χ4n) is 1.32. The summed E-state index contributed by atoms with van der Waals surface area (Å²) in [5, 5.41) is 4.05. The second kappa shape index (κ2) is 3.57. The molecule has 0 fully saturated rings. The lowest BCUT2D eigenvalue weighted by Gasteiger charge is -1.97. The monoisotopic (exact) mass is 201 g/mol. The lowest BCUT2D eigenvalue weighted by Crippen LogP contribution is -2.03. The van der Waals surface area contributed by atoms with E-state index in [9.17, 15) is 4.79 Å². The summed E-state index contributed by atoms with van der Waals surface area (Å²) in [4.78, 5) is 11.9. The maximum atomic E-state index is 11.9. The normalized spacial score (nSPS) is 10.2. The lowest BCUT2D eigenvalue weighted by atomic mass is 10.1. The minimum Gasteiger partial charge on any atom is -0.399 e. The fraction of sp³-hybridized carbons (Fsp3) is 0.0909. The zero-order valence-electron chi connectivity index (χ0n) is 8.34. The van der Waals surface area contributed by atoms with Crippen molar-refractivity contribution in [2.75, 3.05) is 5.73 Å². The Balaban J connectivity index is 2.32. The molecule has 0 aliphatic heterocycles. The van der Waals surface area contributed by atoms with Gasteiger partial charge in [-0.05, 0) is 30.3 Å². The van der Waals surface area contributed by atoms with Gasteiger partial charge in [-0.25, -0.2) is 0 Å². The van der Waals surface area contributed by atoms with Gasteiger partial charge in [0.2, 0.25) is 5.78 Å². The number of ketones is 1. The van der Waals surface area contributed by atoms with Crippen LogP contribution in [0.4, 0.5) is 5.69 Å². The van der Waals surface area contributed by atoms with Crippen molar-refractivity contribution in [3.63, 3.8) is 0 Å². The van der Waals surface area contributed by atoms with Gasteiger partial charge in [-0.2, -0.15) is 5.10 Å². The summed E-state index contributed by atoms with van der Waals surface area (Å²) in [6, 6.07) is 8.50. The van der Waals surface area contributed by atoms with E-state index in [2.05, 4.69) is 5.10 Å². The molecule has 15 heavy (non-hydrogen) atoms. The number of aromatic nitrogens is 2. The van der Waals surface area contributed by atoms with E-state index in [-0.39, 0.29) is 5.78 Å². The van der Waals surface area contributed by atoms with E-state index in [0.29, 0.717) is 16.9 Å². The summed E-state index contributed by atoms with van der Waals surface area (Å²) in [5.41, 5.74) is 7.23. The van der Waals surface area contributed by atoms with Crippen LogP contribution >= 0.6 is 0 Å². The first kappa shape index (κ1) is 9.45. The quantitative estimate of drug-likeness (QED) is 0.587. The second-order valence-electron chi connectivity index (χ2n) is 3.33. The van der Waals surface area contributed by atoms with E-state index in [1.165, 1.54) is 0 Å². The Kier molecular flexibility index (Phi) is 2.25. The number of carbonyl (C=O) groups is 1. The third kappa shape index (κ3) is 1.88.